The number of ether oxygens (including phenoxy) is 3. The topological polar surface area (TPSA) is 34.2 Å². The highest BCUT2D eigenvalue weighted by Gasteiger charge is 2.40. The van der Waals surface area contributed by atoms with Gasteiger partial charge in [0.25, 0.3) is 0 Å². The molecular formula is C36H54N2O3. The Balaban J connectivity index is 0.00000226. The molecular weight excluding hydrogens is 508 g/mol. The van der Waals surface area contributed by atoms with Gasteiger partial charge in [-0.1, -0.05) is 72.4 Å². The summed E-state index contributed by atoms with van der Waals surface area (Å²) in [6.07, 6.45) is 7.50. The van der Waals surface area contributed by atoms with Crippen molar-refractivity contribution in [3.8, 4) is 5.75 Å². The third-order valence-electron chi connectivity index (χ3n) is 8.28. The number of allylic oxidation sites excluding steroid dienone is 2. The average Bonchev–Trinajstić information content (AvgIpc) is 2.96. The Labute approximate surface area is 249 Å². The molecule has 0 aromatic heterocycles. The second kappa shape index (κ2) is 14.3. The molecule has 1 aromatic rings. The predicted octanol–water partition coefficient (Wildman–Crippen LogP) is 6.76. The van der Waals surface area contributed by atoms with Crippen LogP contribution in [0, 0.1) is 11.3 Å². The number of hydrogen-bond acceptors (Lipinski definition) is 5. The standard InChI is InChI=1S/C34H48N2O3.C2H6/c1-10-23(3)32-27(13-12-14-30(32)39-22-26-15-17-37-18-16-26)33-29-19-24(4)28(25(5)38-11-2)20-36(29)31(21-35(33)9)34(6,7)8;1-2/h12-14,19-20,26,31H,4-5,10-11,15-18,21-22H2,1-3,6-9H3;1-2H3/b32-23?,33-27-;. The van der Waals surface area contributed by atoms with Crippen molar-refractivity contribution >= 4 is 11.3 Å². The van der Waals surface area contributed by atoms with E-state index in [0.717, 1.165) is 68.2 Å². The van der Waals surface area contributed by atoms with Gasteiger partial charge >= 0.3 is 0 Å². The Morgan fingerprint density at radius 3 is 2.41 bits per heavy atom. The van der Waals surface area contributed by atoms with E-state index in [9.17, 15) is 0 Å². The molecule has 0 radical (unpaired) electrons. The lowest BCUT2D eigenvalue weighted by molar-refractivity contribution is 0.0496. The molecule has 3 aliphatic heterocycles. The molecule has 3 aliphatic rings. The summed E-state index contributed by atoms with van der Waals surface area (Å²) in [6, 6.07) is 6.79. The zero-order valence-electron chi connectivity index (χ0n) is 27.2. The normalized spacial score (nSPS) is 21.7. The molecule has 2 saturated heterocycles. The highest BCUT2D eigenvalue weighted by Crippen LogP contribution is 2.41. The maximum Gasteiger partial charge on any atom is 0.127 e. The average molecular weight is 563 g/mol. The molecule has 0 spiro atoms. The van der Waals surface area contributed by atoms with Crippen LogP contribution in [0.3, 0.4) is 0 Å². The van der Waals surface area contributed by atoms with Gasteiger partial charge < -0.3 is 24.0 Å². The zero-order chi connectivity index (χ0) is 30.3. The monoisotopic (exact) mass is 562 g/mol. The van der Waals surface area contributed by atoms with E-state index in [4.69, 9.17) is 14.2 Å². The first-order chi connectivity index (χ1) is 19.6. The minimum atomic E-state index is 0.0507. The number of rotatable bonds is 7. The summed E-state index contributed by atoms with van der Waals surface area (Å²) in [5.74, 6) is 2.18. The van der Waals surface area contributed by atoms with E-state index in [2.05, 4.69) is 95.1 Å². The van der Waals surface area contributed by atoms with Crippen molar-refractivity contribution in [2.75, 3.05) is 40.0 Å². The van der Waals surface area contributed by atoms with E-state index < -0.39 is 0 Å². The molecule has 41 heavy (non-hydrogen) atoms. The smallest absolute Gasteiger partial charge is 0.127 e. The van der Waals surface area contributed by atoms with Crippen LogP contribution < -0.4 is 15.2 Å². The van der Waals surface area contributed by atoms with E-state index in [1.807, 2.05) is 20.8 Å². The Hall–Kier alpha value is -2.92. The van der Waals surface area contributed by atoms with E-state index in [-0.39, 0.29) is 11.5 Å². The first kappa shape index (κ1) is 32.6. The summed E-state index contributed by atoms with van der Waals surface area (Å²) in [5.41, 5.74) is 5.62. The minimum absolute atomic E-state index is 0.0507. The van der Waals surface area contributed by atoms with Crippen LogP contribution in [0.1, 0.15) is 74.7 Å². The molecule has 226 valence electrons. The van der Waals surface area contributed by atoms with Crippen molar-refractivity contribution in [3.63, 3.8) is 0 Å². The summed E-state index contributed by atoms with van der Waals surface area (Å²) >= 11 is 0. The van der Waals surface area contributed by atoms with Gasteiger partial charge in [-0.15, -0.1) is 0 Å². The highest BCUT2D eigenvalue weighted by atomic mass is 16.5. The molecule has 5 heteroatoms. The van der Waals surface area contributed by atoms with E-state index in [0.29, 0.717) is 18.3 Å². The van der Waals surface area contributed by atoms with Crippen LogP contribution in [-0.2, 0) is 9.47 Å². The molecule has 1 aromatic carbocycles. The Bertz CT molecular complexity index is 1270. The number of fused-ring (bicyclic) bond motifs is 1. The molecule has 2 fully saturated rings. The first-order valence-corrected chi connectivity index (χ1v) is 15.5. The fraction of sp³-hybridized carbons (Fsp3) is 0.556. The van der Waals surface area contributed by atoms with Crippen molar-refractivity contribution < 1.29 is 14.2 Å². The number of nitrogens with zero attached hydrogens (tertiary/aromatic N) is 2. The summed E-state index contributed by atoms with van der Waals surface area (Å²) in [7, 11) is 2.22. The molecule has 0 bridgehead atoms. The third-order valence-corrected chi connectivity index (χ3v) is 8.28. The second-order valence-corrected chi connectivity index (χ2v) is 12.2. The van der Waals surface area contributed by atoms with Gasteiger partial charge in [0, 0.05) is 49.0 Å². The van der Waals surface area contributed by atoms with Gasteiger partial charge in [-0.2, -0.15) is 0 Å². The summed E-state index contributed by atoms with van der Waals surface area (Å²) in [4.78, 5) is 4.86. The van der Waals surface area contributed by atoms with Gasteiger partial charge in [-0.3, -0.25) is 0 Å². The summed E-state index contributed by atoms with van der Waals surface area (Å²) < 4.78 is 18.0. The lowest BCUT2D eigenvalue weighted by Crippen LogP contribution is -2.55. The molecule has 0 aliphatic carbocycles. The maximum atomic E-state index is 6.58. The number of likely N-dealkylation sites (N-methyl/N-ethyl adjacent to an activating group) is 1. The van der Waals surface area contributed by atoms with Crippen molar-refractivity contribution in [1.29, 1.82) is 0 Å². The van der Waals surface area contributed by atoms with Crippen molar-refractivity contribution in [1.82, 2.24) is 9.80 Å². The van der Waals surface area contributed by atoms with Crippen LogP contribution >= 0.6 is 0 Å². The van der Waals surface area contributed by atoms with Gasteiger partial charge in [0.2, 0.25) is 0 Å². The van der Waals surface area contributed by atoms with Crippen molar-refractivity contribution in [3.05, 3.63) is 76.7 Å². The molecule has 4 rings (SSSR count). The Kier molecular flexibility index (Phi) is 11.4. The van der Waals surface area contributed by atoms with Crippen molar-refractivity contribution in [2.45, 2.75) is 80.7 Å². The lowest BCUT2D eigenvalue weighted by Gasteiger charge is -2.50. The number of hydrogen-bond donors (Lipinski definition) is 0. The molecule has 3 heterocycles. The van der Waals surface area contributed by atoms with Crippen LogP contribution in [0.25, 0.3) is 11.3 Å². The largest absolute Gasteiger partial charge is 0.494 e. The van der Waals surface area contributed by atoms with Crippen molar-refractivity contribution in [2.24, 2.45) is 11.3 Å². The molecule has 1 unspecified atom stereocenters. The van der Waals surface area contributed by atoms with Crippen LogP contribution in [0.4, 0.5) is 0 Å². The van der Waals surface area contributed by atoms with E-state index in [1.165, 1.54) is 21.7 Å². The quantitative estimate of drug-likeness (QED) is 0.343. The van der Waals surface area contributed by atoms with E-state index in [1.54, 1.807) is 0 Å². The molecule has 0 saturated carbocycles. The van der Waals surface area contributed by atoms with Crippen LogP contribution in [0.15, 0.2) is 66.2 Å². The third kappa shape index (κ3) is 7.30. The Morgan fingerprint density at radius 1 is 1.12 bits per heavy atom. The molecule has 0 amide bonds. The predicted molar refractivity (Wildman–Crippen MR) is 173 cm³/mol. The van der Waals surface area contributed by atoms with Gasteiger partial charge in [-0.25, -0.2) is 0 Å². The van der Waals surface area contributed by atoms with Gasteiger partial charge in [0.1, 0.15) is 11.5 Å². The highest BCUT2D eigenvalue weighted by molar-refractivity contribution is 5.70. The summed E-state index contributed by atoms with van der Waals surface area (Å²) in [5, 5.41) is 2.42. The lowest BCUT2D eigenvalue weighted by atomic mass is 9.82. The van der Waals surface area contributed by atoms with Crippen LogP contribution in [-0.4, -0.2) is 55.9 Å². The Morgan fingerprint density at radius 2 is 1.80 bits per heavy atom. The molecule has 5 nitrogen and oxygen atoms in total. The fourth-order valence-electron chi connectivity index (χ4n) is 5.82. The van der Waals surface area contributed by atoms with Crippen LogP contribution in [0.5, 0.6) is 5.75 Å². The maximum absolute atomic E-state index is 6.58. The van der Waals surface area contributed by atoms with Gasteiger partial charge in [0.05, 0.1) is 30.6 Å². The molecule has 1 atom stereocenters. The first-order valence-electron chi connectivity index (χ1n) is 15.5. The van der Waals surface area contributed by atoms with Gasteiger partial charge in [0.15, 0.2) is 0 Å². The van der Waals surface area contributed by atoms with E-state index >= 15 is 0 Å². The SMILES string of the molecule is C=C1C=C2/C(=c3\cccc(OCC4CCOCC4)c3=C(C)CC)N(C)CC(C(C)(C)C)N2C=C1C(=C)OCC.CC. The van der Waals surface area contributed by atoms with Gasteiger partial charge in [-0.05, 0) is 62.2 Å². The minimum Gasteiger partial charge on any atom is -0.494 e. The second-order valence-electron chi connectivity index (χ2n) is 12.2. The fourth-order valence-corrected chi connectivity index (χ4v) is 5.82. The summed E-state index contributed by atoms with van der Waals surface area (Å²) in [6.45, 7) is 29.9. The van der Waals surface area contributed by atoms with Crippen LogP contribution in [0.2, 0.25) is 0 Å². The number of piperazine rings is 1. The number of benzene rings is 1. The molecule has 0 N–H and O–H groups in total. The zero-order valence-corrected chi connectivity index (χ0v) is 27.2.